The SMILES string of the molecule is CCOC(=O)N/N=C(C)/C(O)=C/Br. The lowest BCUT2D eigenvalue weighted by atomic mass is 10.4. The van der Waals surface area contributed by atoms with Crippen molar-refractivity contribution in [3.05, 3.63) is 10.7 Å². The molecule has 0 atom stereocenters. The van der Waals surface area contributed by atoms with Gasteiger partial charge in [-0.25, -0.2) is 10.2 Å². The largest absolute Gasteiger partial charge is 0.505 e. The van der Waals surface area contributed by atoms with Crippen molar-refractivity contribution < 1.29 is 14.6 Å². The van der Waals surface area contributed by atoms with Crippen LogP contribution in [0.3, 0.4) is 0 Å². The Bertz CT molecular complexity index is 238. The zero-order valence-electron chi connectivity index (χ0n) is 7.37. The Morgan fingerprint density at radius 3 is 2.85 bits per heavy atom. The molecule has 0 aliphatic carbocycles. The van der Waals surface area contributed by atoms with Crippen LogP contribution in [0.4, 0.5) is 4.79 Å². The molecular formula is C7H11BrN2O3. The van der Waals surface area contributed by atoms with Crippen LogP contribution in [-0.4, -0.2) is 23.5 Å². The maximum atomic E-state index is 10.7. The Labute approximate surface area is 84.6 Å². The van der Waals surface area contributed by atoms with Crippen LogP contribution in [0.2, 0.25) is 0 Å². The molecule has 0 unspecified atom stereocenters. The highest BCUT2D eigenvalue weighted by Crippen LogP contribution is 1.96. The summed E-state index contributed by atoms with van der Waals surface area (Å²) in [6, 6.07) is 0. The topological polar surface area (TPSA) is 70.9 Å². The van der Waals surface area contributed by atoms with Gasteiger partial charge >= 0.3 is 6.09 Å². The first-order valence-corrected chi connectivity index (χ1v) is 4.50. The fraction of sp³-hybridized carbons (Fsp3) is 0.429. The molecule has 0 aromatic heterocycles. The third-order valence-corrected chi connectivity index (χ3v) is 1.50. The molecule has 0 saturated heterocycles. The summed E-state index contributed by atoms with van der Waals surface area (Å²) in [4.78, 5) is 12.0. The number of hydrogen-bond acceptors (Lipinski definition) is 4. The number of allylic oxidation sites excluding steroid dienone is 1. The minimum Gasteiger partial charge on any atom is -0.505 e. The standard InChI is InChI=1S/C7H11BrN2O3/c1-3-13-7(12)10-9-5(2)6(11)4-8/h4,11H,3H2,1-2H3,(H,10,12)/b6-4-,9-5+. The number of rotatable bonds is 3. The molecule has 0 rings (SSSR count). The van der Waals surface area contributed by atoms with Gasteiger partial charge in [-0.3, -0.25) is 0 Å². The number of hydrazone groups is 1. The molecule has 5 nitrogen and oxygen atoms in total. The van der Waals surface area contributed by atoms with Gasteiger partial charge in [0.1, 0.15) is 5.76 Å². The molecule has 6 heteroatoms. The van der Waals surface area contributed by atoms with E-state index in [1.807, 2.05) is 0 Å². The highest BCUT2D eigenvalue weighted by atomic mass is 79.9. The van der Waals surface area contributed by atoms with E-state index in [1.165, 1.54) is 4.99 Å². The fourth-order valence-electron chi connectivity index (χ4n) is 0.429. The zero-order chi connectivity index (χ0) is 10.3. The number of hydrogen-bond donors (Lipinski definition) is 2. The quantitative estimate of drug-likeness (QED) is 0.457. The van der Waals surface area contributed by atoms with E-state index in [0.717, 1.165) is 0 Å². The molecule has 0 heterocycles. The predicted octanol–water partition coefficient (Wildman–Crippen LogP) is 1.90. The molecule has 0 radical (unpaired) electrons. The third kappa shape index (κ3) is 5.24. The first-order valence-electron chi connectivity index (χ1n) is 3.58. The number of amides is 1. The van der Waals surface area contributed by atoms with Gasteiger partial charge in [0.15, 0.2) is 0 Å². The van der Waals surface area contributed by atoms with Crippen LogP contribution < -0.4 is 5.43 Å². The van der Waals surface area contributed by atoms with Gasteiger partial charge < -0.3 is 9.84 Å². The van der Waals surface area contributed by atoms with Crippen molar-refractivity contribution in [1.29, 1.82) is 0 Å². The first kappa shape index (κ1) is 12.0. The van der Waals surface area contributed by atoms with Crippen LogP contribution in [0.15, 0.2) is 15.8 Å². The Kier molecular flexibility index (Phi) is 5.96. The van der Waals surface area contributed by atoms with E-state index >= 15 is 0 Å². The Hall–Kier alpha value is -1.04. The van der Waals surface area contributed by atoms with Crippen LogP contribution >= 0.6 is 15.9 Å². The number of carbonyl (C=O) groups excluding carboxylic acids is 1. The average molecular weight is 251 g/mol. The van der Waals surface area contributed by atoms with Crippen LogP contribution in [0.1, 0.15) is 13.8 Å². The summed E-state index contributed by atoms with van der Waals surface area (Å²) in [7, 11) is 0. The molecule has 1 amide bonds. The summed E-state index contributed by atoms with van der Waals surface area (Å²) < 4.78 is 4.54. The van der Waals surface area contributed by atoms with Crippen LogP contribution in [-0.2, 0) is 4.74 Å². The van der Waals surface area contributed by atoms with Gasteiger partial charge in [0.05, 0.1) is 12.3 Å². The summed E-state index contributed by atoms with van der Waals surface area (Å²) in [5.74, 6) is -0.0585. The molecule has 74 valence electrons. The zero-order valence-corrected chi connectivity index (χ0v) is 8.96. The van der Waals surface area contributed by atoms with Gasteiger partial charge in [0, 0.05) is 4.99 Å². The van der Waals surface area contributed by atoms with Crippen molar-refractivity contribution in [2.45, 2.75) is 13.8 Å². The maximum absolute atomic E-state index is 10.7. The summed E-state index contributed by atoms with van der Waals surface area (Å²) in [6.07, 6.45) is -0.649. The van der Waals surface area contributed by atoms with Gasteiger partial charge in [0.25, 0.3) is 0 Å². The van der Waals surface area contributed by atoms with E-state index in [0.29, 0.717) is 0 Å². The Balaban J connectivity index is 4.04. The lowest BCUT2D eigenvalue weighted by Crippen LogP contribution is -2.20. The molecule has 0 fully saturated rings. The fourth-order valence-corrected chi connectivity index (χ4v) is 0.760. The van der Waals surface area contributed by atoms with E-state index in [4.69, 9.17) is 5.11 Å². The van der Waals surface area contributed by atoms with E-state index in [1.54, 1.807) is 13.8 Å². The molecule has 0 aliphatic rings. The van der Waals surface area contributed by atoms with E-state index in [2.05, 4.69) is 31.2 Å². The summed E-state index contributed by atoms with van der Waals surface area (Å²) in [6.45, 7) is 3.51. The van der Waals surface area contributed by atoms with E-state index in [9.17, 15) is 4.79 Å². The maximum Gasteiger partial charge on any atom is 0.427 e. The molecule has 0 saturated carbocycles. The molecule has 0 bridgehead atoms. The van der Waals surface area contributed by atoms with E-state index < -0.39 is 6.09 Å². The van der Waals surface area contributed by atoms with Crippen molar-refractivity contribution in [3.63, 3.8) is 0 Å². The molecule has 2 N–H and O–H groups in total. The number of aliphatic hydroxyl groups is 1. The second-order valence-corrected chi connectivity index (χ2v) is 2.48. The van der Waals surface area contributed by atoms with Crippen molar-refractivity contribution in [3.8, 4) is 0 Å². The number of ether oxygens (including phenoxy) is 1. The minimum absolute atomic E-state index is 0.0585. The number of aliphatic hydroxyl groups excluding tert-OH is 1. The normalized spacial score (nSPS) is 12.5. The van der Waals surface area contributed by atoms with E-state index in [-0.39, 0.29) is 18.1 Å². The lowest BCUT2D eigenvalue weighted by Gasteiger charge is -2.00. The van der Waals surface area contributed by atoms with Gasteiger partial charge in [-0.05, 0) is 13.8 Å². The molecule has 0 spiro atoms. The third-order valence-electron chi connectivity index (χ3n) is 1.06. The highest BCUT2D eigenvalue weighted by Gasteiger charge is 2.00. The smallest absolute Gasteiger partial charge is 0.427 e. The summed E-state index contributed by atoms with van der Waals surface area (Å²) >= 11 is 2.92. The number of nitrogens with zero attached hydrogens (tertiary/aromatic N) is 1. The summed E-state index contributed by atoms with van der Waals surface area (Å²) in [5, 5.41) is 12.6. The Morgan fingerprint density at radius 2 is 2.38 bits per heavy atom. The van der Waals surface area contributed by atoms with Crippen molar-refractivity contribution >= 4 is 27.7 Å². The molecular weight excluding hydrogens is 240 g/mol. The Morgan fingerprint density at radius 1 is 1.77 bits per heavy atom. The molecule has 13 heavy (non-hydrogen) atoms. The van der Waals surface area contributed by atoms with Gasteiger partial charge in [-0.1, -0.05) is 15.9 Å². The average Bonchev–Trinajstić information content (AvgIpc) is 2.13. The second-order valence-electron chi connectivity index (χ2n) is 2.02. The molecule has 0 aromatic carbocycles. The van der Waals surface area contributed by atoms with Crippen molar-refractivity contribution in [1.82, 2.24) is 5.43 Å². The second kappa shape index (κ2) is 6.47. The van der Waals surface area contributed by atoms with Crippen LogP contribution in [0, 0.1) is 0 Å². The van der Waals surface area contributed by atoms with Gasteiger partial charge in [-0.15, -0.1) is 0 Å². The lowest BCUT2D eigenvalue weighted by molar-refractivity contribution is 0.152. The monoisotopic (exact) mass is 250 g/mol. The number of nitrogens with one attached hydrogen (secondary N) is 1. The highest BCUT2D eigenvalue weighted by molar-refractivity contribution is 9.11. The van der Waals surface area contributed by atoms with Crippen LogP contribution in [0.5, 0.6) is 0 Å². The minimum atomic E-state index is -0.649. The van der Waals surface area contributed by atoms with Crippen molar-refractivity contribution in [2.24, 2.45) is 5.10 Å². The molecule has 0 aromatic rings. The summed E-state index contributed by atoms with van der Waals surface area (Å²) in [5.41, 5.74) is 2.39. The van der Waals surface area contributed by atoms with Gasteiger partial charge in [0.2, 0.25) is 0 Å². The van der Waals surface area contributed by atoms with Crippen molar-refractivity contribution in [2.75, 3.05) is 6.61 Å². The number of carbonyl (C=O) groups is 1. The predicted molar refractivity (Wildman–Crippen MR) is 52.9 cm³/mol. The van der Waals surface area contributed by atoms with Crippen LogP contribution in [0.25, 0.3) is 0 Å². The molecule has 0 aliphatic heterocycles. The first-order chi connectivity index (χ1) is 6.11. The number of halogens is 1. The van der Waals surface area contributed by atoms with Gasteiger partial charge in [-0.2, -0.15) is 5.10 Å².